The number of benzene rings is 2. The minimum absolute atomic E-state index is 0.00290. The van der Waals surface area contributed by atoms with Crippen LogP contribution >= 0.6 is 0 Å². The Hall–Kier alpha value is -2.56. The van der Waals surface area contributed by atoms with Crippen molar-refractivity contribution in [2.24, 2.45) is 0 Å². The van der Waals surface area contributed by atoms with Crippen LogP contribution in [0.2, 0.25) is 5.04 Å². The molecular weight excluding hydrogens is 350 g/mol. The fourth-order valence-electron chi connectivity index (χ4n) is 2.92. The number of carbonyl (C=O) groups excluding carboxylic acids is 1. The van der Waals surface area contributed by atoms with Crippen LogP contribution in [-0.2, 0) is 10.0 Å². The van der Waals surface area contributed by atoms with Crippen LogP contribution in [0, 0.1) is 0 Å². The van der Waals surface area contributed by atoms with E-state index in [0.717, 1.165) is 17.4 Å². The lowest BCUT2D eigenvalue weighted by atomic mass is 9.83. The first kappa shape index (κ1) is 19.2. The molecule has 27 heavy (non-hydrogen) atoms. The molecular formula is C23H23NO2Si. The van der Waals surface area contributed by atoms with Crippen LogP contribution in [0.1, 0.15) is 48.1 Å². The average Bonchev–Trinajstić information content (AvgIpc) is 2.69. The van der Waals surface area contributed by atoms with Crippen molar-refractivity contribution in [3.63, 3.8) is 0 Å². The van der Waals surface area contributed by atoms with Crippen LogP contribution in [0.4, 0.5) is 0 Å². The number of rotatable bonds is 6. The van der Waals surface area contributed by atoms with Crippen LogP contribution in [0.15, 0.2) is 78.9 Å². The normalized spacial score (nSPS) is 12.0. The predicted octanol–water partition coefficient (Wildman–Crippen LogP) is 5.04. The zero-order valence-corrected chi connectivity index (χ0v) is 16.8. The van der Waals surface area contributed by atoms with Gasteiger partial charge in [-0.05, 0) is 28.3 Å². The molecule has 0 aliphatic heterocycles. The molecule has 0 aliphatic rings. The minimum atomic E-state index is -0.882. The summed E-state index contributed by atoms with van der Waals surface area (Å²) in [6.07, 6.45) is 0.774. The van der Waals surface area contributed by atoms with E-state index in [1.165, 1.54) is 0 Å². The van der Waals surface area contributed by atoms with Crippen molar-refractivity contribution in [3.05, 3.63) is 101 Å². The largest absolute Gasteiger partial charge is 0.399 e. The summed E-state index contributed by atoms with van der Waals surface area (Å²) < 4.78 is 6.70. The van der Waals surface area contributed by atoms with Gasteiger partial charge in [-0.1, -0.05) is 87.5 Å². The number of aldehydes is 1. The van der Waals surface area contributed by atoms with E-state index >= 15 is 0 Å². The lowest BCUT2D eigenvalue weighted by molar-refractivity contribution is 0.111. The highest BCUT2D eigenvalue weighted by Gasteiger charge is 2.40. The van der Waals surface area contributed by atoms with E-state index in [0.29, 0.717) is 11.4 Å². The molecule has 0 unspecified atom stereocenters. The van der Waals surface area contributed by atoms with E-state index in [1.54, 1.807) is 6.07 Å². The highest BCUT2D eigenvalue weighted by atomic mass is 28.2. The highest BCUT2D eigenvalue weighted by Crippen LogP contribution is 2.41. The van der Waals surface area contributed by atoms with E-state index < -0.39 is 5.60 Å². The first-order valence-electron chi connectivity index (χ1n) is 8.95. The van der Waals surface area contributed by atoms with Gasteiger partial charge in [-0.2, -0.15) is 0 Å². The zero-order valence-electron chi connectivity index (χ0n) is 15.8. The van der Waals surface area contributed by atoms with Gasteiger partial charge in [-0.15, -0.1) is 0 Å². The van der Waals surface area contributed by atoms with Gasteiger partial charge in [0.2, 0.25) is 9.76 Å². The Kier molecular flexibility index (Phi) is 5.68. The number of hydrogen-bond acceptors (Lipinski definition) is 3. The maximum absolute atomic E-state index is 11.4. The molecule has 0 amide bonds. The molecule has 0 saturated carbocycles. The lowest BCUT2D eigenvalue weighted by Gasteiger charge is -2.37. The molecule has 2 radical (unpaired) electrons. The monoisotopic (exact) mass is 373 g/mol. The van der Waals surface area contributed by atoms with Crippen LogP contribution in [0.3, 0.4) is 0 Å². The van der Waals surface area contributed by atoms with E-state index in [9.17, 15) is 4.79 Å². The molecule has 4 heteroatoms. The van der Waals surface area contributed by atoms with Gasteiger partial charge in [0.1, 0.15) is 11.3 Å². The third kappa shape index (κ3) is 4.23. The second-order valence-electron chi connectivity index (χ2n) is 7.43. The Bertz CT molecular complexity index is 850. The average molecular weight is 374 g/mol. The summed E-state index contributed by atoms with van der Waals surface area (Å²) in [5, 5.41) is -0.00290. The molecule has 0 N–H and O–H groups in total. The SMILES string of the molecule is CC(C)(C)[Si]OC(c1ccccc1)(c1ccccc1)c1cccc(C=O)n1. The topological polar surface area (TPSA) is 39.2 Å². The van der Waals surface area contributed by atoms with Crippen LogP contribution in [0.5, 0.6) is 0 Å². The summed E-state index contributed by atoms with van der Waals surface area (Å²) >= 11 is 0. The van der Waals surface area contributed by atoms with Crippen molar-refractivity contribution >= 4 is 16.0 Å². The smallest absolute Gasteiger partial charge is 0.238 e. The van der Waals surface area contributed by atoms with E-state index in [1.807, 2.05) is 48.5 Å². The number of carbonyl (C=O) groups is 1. The van der Waals surface area contributed by atoms with Crippen LogP contribution in [-0.4, -0.2) is 21.0 Å². The van der Waals surface area contributed by atoms with Crippen molar-refractivity contribution < 1.29 is 9.22 Å². The van der Waals surface area contributed by atoms with Crippen molar-refractivity contribution in [1.82, 2.24) is 4.98 Å². The summed E-state index contributed by atoms with van der Waals surface area (Å²) in [5.74, 6) is 0. The van der Waals surface area contributed by atoms with Gasteiger partial charge in [-0.25, -0.2) is 4.98 Å². The quantitative estimate of drug-likeness (QED) is 0.449. The maximum atomic E-state index is 11.4. The lowest BCUT2D eigenvalue weighted by Crippen LogP contribution is -2.37. The molecule has 136 valence electrons. The third-order valence-corrected chi connectivity index (χ3v) is 5.14. The number of pyridine rings is 1. The fraction of sp³-hybridized carbons (Fsp3) is 0.217. The fourth-order valence-corrected chi connectivity index (χ4v) is 3.72. The Morgan fingerprint density at radius 3 is 1.85 bits per heavy atom. The van der Waals surface area contributed by atoms with Gasteiger partial charge in [0.05, 0.1) is 5.69 Å². The van der Waals surface area contributed by atoms with Crippen molar-refractivity contribution in [2.75, 3.05) is 0 Å². The van der Waals surface area contributed by atoms with Gasteiger partial charge < -0.3 is 4.43 Å². The van der Waals surface area contributed by atoms with E-state index in [2.05, 4.69) is 50.0 Å². The zero-order chi connectivity index (χ0) is 19.3. The van der Waals surface area contributed by atoms with Crippen LogP contribution < -0.4 is 0 Å². The highest BCUT2D eigenvalue weighted by molar-refractivity contribution is 6.32. The Morgan fingerprint density at radius 2 is 1.37 bits per heavy atom. The van der Waals surface area contributed by atoms with E-state index in [4.69, 9.17) is 4.43 Å². The molecule has 0 bridgehead atoms. The molecule has 1 heterocycles. The molecule has 0 spiro atoms. The minimum Gasteiger partial charge on any atom is -0.399 e. The van der Waals surface area contributed by atoms with Crippen molar-refractivity contribution in [2.45, 2.75) is 31.4 Å². The first-order valence-corrected chi connectivity index (χ1v) is 9.85. The Labute approximate surface area is 163 Å². The van der Waals surface area contributed by atoms with Crippen molar-refractivity contribution in [1.29, 1.82) is 0 Å². The summed E-state index contributed by atoms with van der Waals surface area (Å²) in [6, 6.07) is 25.7. The maximum Gasteiger partial charge on any atom is 0.238 e. The molecule has 0 saturated heterocycles. The number of nitrogens with zero attached hydrogens (tertiary/aromatic N) is 1. The number of aromatic nitrogens is 1. The second kappa shape index (κ2) is 7.99. The summed E-state index contributed by atoms with van der Waals surface area (Å²) in [7, 11) is 0.239. The van der Waals surface area contributed by atoms with Crippen molar-refractivity contribution in [3.8, 4) is 0 Å². The molecule has 1 aromatic heterocycles. The number of hydrogen-bond donors (Lipinski definition) is 0. The molecule has 0 aliphatic carbocycles. The predicted molar refractivity (Wildman–Crippen MR) is 109 cm³/mol. The van der Waals surface area contributed by atoms with E-state index in [-0.39, 0.29) is 14.8 Å². The molecule has 0 fully saturated rings. The van der Waals surface area contributed by atoms with Gasteiger partial charge in [-0.3, -0.25) is 4.79 Å². The van der Waals surface area contributed by atoms with Gasteiger partial charge >= 0.3 is 0 Å². The third-order valence-electron chi connectivity index (χ3n) is 4.12. The molecule has 0 atom stereocenters. The molecule has 3 nitrogen and oxygen atoms in total. The molecule has 3 aromatic rings. The summed E-state index contributed by atoms with van der Waals surface area (Å²) in [6.45, 7) is 6.46. The standard InChI is InChI=1S/C23H23NO2Si/c1-22(2,3)27-26-23(18-11-6-4-7-12-18,19-13-8-5-9-14-19)21-16-10-15-20(17-25)24-21/h4-17H,1-3H3. The van der Waals surface area contributed by atoms with Crippen LogP contribution in [0.25, 0.3) is 0 Å². The summed E-state index contributed by atoms with van der Waals surface area (Å²) in [5.41, 5.74) is 2.20. The Morgan fingerprint density at radius 1 is 0.815 bits per heavy atom. The molecule has 2 aromatic carbocycles. The summed E-state index contributed by atoms with van der Waals surface area (Å²) in [4.78, 5) is 16.0. The van der Waals surface area contributed by atoms with Gasteiger partial charge in [0, 0.05) is 0 Å². The second-order valence-corrected chi connectivity index (χ2v) is 9.34. The van der Waals surface area contributed by atoms with Gasteiger partial charge in [0.25, 0.3) is 0 Å². The Balaban J connectivity index is 2.29. The first-order chi connectivity index (χ1) is 13.0. The van der Waals surface area contributed by atoms with Gasteiger partial charge in [0.15, 0.2) is 6.29 Å². The molecule has 3 rings (SSSR count).